The number of carbonyl (C=O) groups excluding carboxylic acids is 1. The third-order valence-corrected chi connectivity index (χ3v) is 5.75. The molecule has 2 heterocycles. The smallest absolute Gasteiger partial charge is 0.326 e. The van der Waals surface area contributed by atoms with Crippen LogP contribution in [0.4, 0.5) is 0 Å². The van der Waals surface area contributed by atoms with Gasteiger partial charge in [-0.2, -0.15) is 4.68 Å². The second-order valence-electron chi connectivity index (χ2n) is 6.66. The minimum Gasteiger partial charge on any atom is -0.480 e. The molecule has 0 saturated carbocycles. The van der Waals surface area contributed by atoms with E-state index in [-0.39, 0.29) is 12.2 Å². The number of rotatable bonds is 8. The summed E-state index contributed by atoms with van der Waals surface area (Å²) in [6, 6.07) is 13.5. The summed E-state index contributed by atoms with van der Waals surface area (Å²) in [6.45, 7) is 0. The van der Waals surface area contributed by atoms with Crippen molar-refractivity contribution < 1.29 is 14.7 Å². The van der Waals surface area contributed by atoms with E-state index in [2.05, 4.69) is 25.8 Å². The number of halogens is 1. The molecule has 0 bridgehead atoms. The molecule has 2 aromatic heterocycles. The summed E-state index contributed by atoms with van der Waals surface area (Å²) in [4.78, 5) is 27.3. The zero-order chi connectivity index (χ0) is 21.8. The Morgan fingerprint density at radius 3 is 2.74 bits per heavy atom. The number of tetrazole rings is 1. The van der Waals surface area contributed by atoms with Crippen LogP contribution in [0.1, 0.15) is 5.56 Å². The molecule has 0 fully saturated rings. The van der Waals surface area contributed by atoms with E-state index in [4.69, 9.17) is 11.6 Å². The van der Waals surface area contributed by atoms with Crippen molar-refractivity contribution >= 4 is 46.1 Å². The Labute approximate surface area is 185 Å². The van der Waals surface area contributed by atoms with Gasteiger partial charge in [0.05, 0.1) is 11.4 Å². The number of hydrogen-bond acceptors (Lipinski definition) is 6. The molecule has 0 spiro atoms. The summed E-state index contributed by atoms with van der Waals surface area (Å²) in [5, 5.41) is 25.6. The van der Waals surface area contributed by atoms with Gasteiger partial charge in [0.25, 0.3) is 0 Å². The SMILES string of the molecule is O=C(CSc1nnnn1-c1ccc(Cl)cc1)N[C@H](Cc1c[nH]c2ccccc12)C(=O)O. The highest BCUT2D eigenvalue weighted by Crippen LogP contribution is 2.21. The lowest BCUT2D eigenvalue weighted by atomic mass is 10.1. The van der Waals surface area contributed by atoms with Gasteiger partial charge in [0, 0.05) is 28.5 Å². The molecule has 31 heavy (non-hydrogen) atoms. The summed E-state index contributed by atoms with van der Waals surface area (Å²) in [6.07, 6.45) is 1.93. The first-order chi connectivity index (χ1) is 15.0. The van der Waals surface area contributed by atoms with Gasteiger partial charge in [-0.3, -0.25) is 4.79 Å². The number of thioether (sulfide) groups is 1. The van der Waals surface area contributed by atoms with Gasteiger partial charge in [-0.25, -0.2) is 4.79 Å². The molecular weight excluding hydrogens is 440 g/mol. The highest BCUT2D eigenvalue weighted by Gasteiger charge is 2.22. The number of carboxylic acids is 1. The fourth-order valence-corrected chi connectivity index (χ4v) is 3.93. The largest absolute Gasteiger partial charge is 0.480 e. The number of aromatic nitrogens is 5. The minimum atomic E-state index is -1.10. The highest BCUT2D eigenvalue weighted by atomic mass is 35.5. The van der Waals surface area contributed by atoms with Crippen LogP contribution in [0.5, 0.6) is 0 Å². The van der Waals surface area contributed by atoms with Crippen molar-refractivity contribution in [3.8, 4) is 5.69 Å². The third kappa shape index (κ3) is 4.86. The standard InChI is InChI=1S/C20H17ClN6O3S/c21-13-5-7-14(8-6-13)27-20(24-25-26-27)31-11-18(28)23-17(19(29)30)9-12-10-22-16-4-2-1-3-15(12)16/h1-8,10,17,22H,9,11H2,(H,23,28)(H,29,30)/t17-/m1/s1. The van der Waals surface area contributed by atoms with Crippen molar-refractivity contribution in [3.63, 3.8) is 0 Å². The molecular formula is C20H17ClN6O3S. The van der Waals surface area contributed by atoms with E-state index >= 15 is 0 Å². The fraction of sp³-hybridized carbons (Fsp3) is 0.150. The number of benzene rings is 2. The molecule has 4 rings (SSSR count). The van der Waals surface area contributed by atoms with Crippen LogP contribution in [0.15, 0.2) is 59.9 Å². The summed E-state index contributed by atoms with van der Waals surface area (Å²) in [5.41, 5.74) is 2.43. The molecule has 0 aliphatic rings. The van der Waals surface area contributed by atoms with Crippen LogP contribution < -0.4 is 5.32 Å². The normalized spacial score (nSPS) is 12.0. The van der Waals surface area contributed by atoms with Crippen molar-refractivity contribution in [2.24, 2.45) is 0 Å². The van der Waals surface area contributed by atoms with Crippen molar-refractivity contribution in [1.82, 2.24) is 30.5 Å². The van der Waals surface area contributed by atoms with Gasteiger partial charge in [0.15, 0.2) is 0 Å². The molecule has 1 amide bonds. The molecule has 1 atom stereocenters. The second-order valence-corrected chi connectivity index (χ2v) is 8.04. The number of nitrogens with zero attached hydrogens (tertiary/aromatic N) is 4. The van der Waals surface area contributed by atoms with Crippen LogP contribution in [0.3, 0.4) is 0 Å². The molecule has 0 radical (unpaired) electrons. The van der Waals surface area contributed by atoms with E-state index in [1.807, 2.05) is 24.3 Å². The molecule has 2 aromatic carbocycles. The van der Waals surface area contributed by atoms with Crippen molar-refractivity contribution in [1.29, 1.82) is 0 Å². The average Bonchev–Trinajstić information content (AvgIpc) is 3.39. The number of aliphatic carboxylic acids is 1. The quantitative estimate of drug-likeness (QED) is 0.348. The van der Waals surface area contributed by atoms with Crippen LogP contribution >= 0.6 is 23.4 Å². The molecule has 4 aromatic rings. The Morgan fingerprint density at radius 1 is 1.19 bits per heavy atom. The first kappa shape index (κ1) is 20.9. The minimum absolute atomic E-state index is 0.0361. The summed E-state index contributed by atoms with van der Waals surface area (Å²) >= 11 is 7.01. The Bertz CT molecular complexity index is 1220. The Balaban J connectivity index is 1.40. The van der Waals surface area contributed by atoms with Gasteiger partial charge >= 0.3 is 5.97 Å². The van der Waals surface area contributed by atoms with Crippen molar-refractivity contribution in [2.75, 3.05) is 5.75 Å². The van der Waals surface area contributed by atoms with Gasteiger partial charge in [0.2, 0.25) is 11.1 Å². The zero-order valence-electron chi connectivity index (χ0n) is 16.0. The van der Waals surface area contributed by atoms with Crippen molar-refractivity contribution in [2.45, 2.75) is 17.6 Å². The Kier molecular flexibility index (Phi) is 6.19. The van der Waals surface area contributed by atoms with Crippen LogP contribution in [0.25, 0.3) is 16.6 Å². The highest BCUT2D eigenvalue weighted by molar-refractivity contribution is 7.99. The molecule has 0 unspecified atom stereocenters. The molecule has 0 aliphatic heterocycles. The molecule has 0 saturated heterocycles. The summed E-state index contributed by atoms with van der Waals surface area (Å²) in [5.74, 6) is -1.57. The van der Waals surface area contributed by atoms with E-state index in [1.54, 1.807) is 30.5 Å². The van der Waals surface area contributed by atoms with Crippen molar-refractivity contribution in [3.05, 3.63) is 65.3 Å². The van der Waals surface area contributed by atoms with E-state index < -0.39 is 17.9 Å². The van der Waals surface area contributed by atoms with E-state index in [1.165, 1.54) is 4.68 Å². The van der Waals surface area contributed by atoms with Gasteiger partial charge < -0.3 is 15.4 Å². The van der Waals surface area contributed by atoms with Gasteiger partial charge in [-0.1, -0.05) is 41.6 Å². The lowest BCUT2D eigenvalue weighted by molar-refractivity contribution is -0.141. The maximum Gasteiger partial charge on any atom is 0.326 e. The van der Waals surface area contributed by atoms with E-state index in [0.29, 0.717) is 15.9 Å². The first-order valence-electron chi connectivity index (χ1n) is 9.25. The Hall–Kier alpha value is -3.37. The van der Waals surface area contributed by atoms with Crippen LogP contribution in [0.2, 0.25) is 5.02 Å². The second kappa shape index (κ2) is 9.19. The van der Waals surface area contributed by atoms with E-state index in [9.17, 15) is 14.7 Å². The number of hydrogen-bond donors (Lipinski definition) is 3. The number of para-hydroxylation sites is 1. The van der Waals surface area contributed by atoms with Gasteiger partial charge in [-0.05, 0) is 46.3 Å². The van der Waals surface area contributed by atoms with Crippen LogP contribution in [0, 0.1) is 0 Å². The maximum atomic E-state index is 12.4. The molecule has 158 valence electrons. The maximum absolute atomic E-state index is 12.4. The van der Waals surface area contributed by atoms with Gasteiger partial charge in [-0.15, -0.1) is 5.10 Å². The summed E-state index contributed by atoms with van der Waals surface area (Å²) < 4.78 is 1.48. The third-order valence-electron chi connectivity index (χ3n) is 4.58. The predicted octanol–water partition coefficient (Wildman–Crippen LogP) is 2.70. The topological polar surface area (TPSA) is 126 Å². The van der Waals surface area contributed by atoms with Crippen LogP contribution in [-0.4, -0.2) is 54.0 Å². The number of carboxylic acid groups (broad SMARTS) is 1. The average molecular weight is 457 g/mol. The lowest BCUT2D eigenvalue weighted by Crippen LogP contribution is -2.43. The van der Waals surface area contributed by atoms with Gasteiger partial charge in [0.1, 0.15) is 6.04 Å². The molecule has 11 heteroatoms. The number of aromatic amines is 1. The fourth-order valence-electron chi connectivity index (χ4n) is 3.10. The lowest BCUT2D eigenvalue weighted by Gasteiger charge is -2.14. The van der Waals surface area contributed by atoms with Crippen LogP contribution in [-0.2, 0) is 16.0 Å². The monoisotopic (exact) mass is 456 g/mol. The predicted molar refractivity (Wildman–Crippen MR) is 116 cm³/mol. The molecule has 0 aliphatic carbocycles. The molecule has 3 N–H and O–H groups in total. The Morgan fingerprint density at radius 2 is 1.97 bits per heavy atom. The number of nitrogens with one attached hydrogen (secondary N) is 2. The first-order valence-corrected chi connectivity index (χ1v) is 10.6. The molecule has 9 nitrogen and oxygen atoms in total. The zero-order valence-corrected chi connectivity index (χ0v) is 17.6. The summed E-state index contributed by atoms with van der Waals surface area (Å²) in [7, 11) is 0. The number of amides is 1. The van der Waals surface area contributed by atoms with E-state index in [0.717, 1.165) is 28.2 Å². The number of fused-ring (bicyclic) bond motifs is 1. The number of H-pyrrole nitrogens is 1. The number of carbonyl (C=O) groups is 2.